The van der Waals surface area contributed by atoms with Gasteiger partial charge in [0.1, 0.15) is 11.5 Å². The van der Waals surface area contributed by atoms with Crippen LogP contribution >= 0.6 is 0 Å². The van der Waals surface area contributed by atoms with Gasteiger partial charge >= 0.3 is 0 Å². The van der Waals surface area contributed by atoms with Gasteiger partial charge in [0, 0.05) is 6.04 Å². The van der Waals surface area contributed by atoms with Gasteiger partial charge < -0.3 is 16.0 Å². The first kappa shape index (κ1) is 16.7. The standard InChI is InChI=1S/C18H22N6O2/c19-16(26)18(17-23-12-8-4-5-9-13(12)24-17)14(20-10-21-18)15(25)22-11-6-2-1-3-7-11/h4-5,8-9,11,21H,1-3,6-7,10H2,(H2,19,26)(H,22,25)(H,23,24). The fraction of sp³-hybridized carbons (Fsp3) is 0.444. The molecule has 2 heterocycles. The van der Waals surface area contributed by atoms with Crippen LogP contribution in [0.25, 0.3) is 11.0 Å². The van der Waals surface area contributed by atoms with Crippen LogP contribution in [0.1, 0.15) is 37.9 Å². The molecule has 1 aromatic heterocycles. The van der Waals surface area contributed by atoms with Crippen molar-refractivity contribution in [2.24, 2.45) is 10.7 Å². The third-order valence-electron chi connectivity index (χ3n) is 5.21. The van der Waals surface area contributed by atoms with Crippen molar-refractivity contribution < 1.29 is 9.59 Å². The van der Waals surface area contributed by atoms with Crippen LogP contribution in [0.3, 0.4) is 0 Å². The molecule has 1 saturated carbocycles. The Morgan fingerprint density at radius 3 is 2.69 bits per heavy atom. The van der Waals surface area contributed by atoms with Crippen molar-refractivity contribution >= 4 is 28.6 Å². The van der Waals surface area contributed by atoms with Gasteiger partial charge in [-0.15, -0.1) is 0 Å². The number of benzene rings is 1. The first-order valence-corrected chi connectivity index (χ1v) is 8.97. The Morgan fingerprint density at radius 2 is 1.96 bits per heavy atom. The summed E-state index contributed by atoms with van der Waals surface area (Å²) in [4.78, 5) is 37.2. The lowest BCUT2D eigenvalue weighted by Gasteiger charge is -2.27. The van der Waals surface area contributed by atoms with E-state index in [0.717, 1.165) is 31.2 Å². The second kappa shape index (κ2) is 6.53. The molecule has 1 fully saturated rings. The minimum atomic E-state index is -1.54. The van der Waals surface area contributed by atoms with Gasteiger partial charge in [0.15, 0.2) is 0 Å². The van der Waals surface area contributed by atoms with E-state index in [4.69, 9.17) is 5.73 Å². The maximum Gasteiger partial charge on any atom is 0.268 e. The molecule has 0 bridgehead atoms. The first-order valence-electron chi connectivity index (χ1n) is 8.97. The Hall–Kier alpha value is -2.74. The van der Waals surface area contributed by atoms with E-state index in [9.17, 15) is 9.59 Å². The topological polar surface area (TPSA) is 125 Å². The summed E-state index contributed by atoms with van der Waals surface area (Å²) in [5.41, 5.74) is 5.73. The summed E-state index contributed by atoms with van der Waals surface area (Å²) in [5.74, 6) is -0.769. The van der Waals surface area contributed by atoms with E-state index in [1.54, 1.807) is 0 Å². The maximum absolute atomic E-state index is 12.9. The lowest BCUT2D eigenvalue weighted by molar-refractivity contribution is -0.124. The van der Waals surface area contributed by atoms with Crippen molar-refractivity contribution in [3.05, 3.63) is 30.1 Å². The third-order valence-corrected chi connectivity index (χ3v) is 5.21. The number of H-pyrrole nitrogens is 1. The summed E-state index contributed by atoms with van der Waals surface area (Å²) >= 11 is 0. The monoisotopic (exact) mass is 354 g/mol. The number of carbonyl (C=O) groups is 2. The van der Waals surface area contributed by atoms with Crippen molar-refractivity contribution in [2.75, 3.05) is 6.67 Å². The van der Waals surface area contributed by atoms with E-state index < -0.39 is 11.4 Å². The van der Waals surface area contributed by atoms with Crippen molar-refractivity contribution in [1.29, 1.82) is 0 Å². The van der Waals surface area contributed by atoms with Gasteiger partial charge in [0.2, 0.25) is 5.54 Å². The molecule has 1 atom stereocenters. The summed E-state index contributed by atoms with van der Waals surface area (Å²) in [6.45, 7) is 0.132. The number of imidazole rings is 1. The van der Waals surface area contributed by atoms with Crippen LogP contribution in [-0.2, 0) is 15.1 Å². The fourth-order valence-corrected chi connectivity index (χ4v) is 3.83. The summed E-state index contributed by atoms with van der Waals surface area (Å²) in [7, 11) is 0. The molecule has 1 aromatic carbocycles. The van der Waals surface area contributed by atoms with Gasteiger partial charge in [0.25, 0.3) is 11.8 Å². The highest BCUT2D eigenvalue weighted by molar-refractivity contribution is 6.47. The number of aromatic nitrogens is 2. The van der Waals surface area contributed by atoms with E-state index in [1.807, 2.05) is 24.3 Å². The molecule has 136 valence electrons. The number of aromatic amines is 1. The molecule has 1 aliphatic heterocycles. The Labute approximate surface area is 150 Å². The Kier molecular flexibility index (Phi) is 4.20. The van der Waals surface area contributed by atoms with Crippen molar-refractivity contribution in [3.63, 3.8) is 0 Å². The van der Waals surface area contributed by atoms with Gasteiger partial charge in [-0.05, 0) is 25.0 Å². The number of rotatable bonds is 4. The number of amides is 2. The van der Waals surface area contributed by atoms with Crippen LogP contribution in [0.15, 0.2) is 29.3 Å². The minimum absolute atomic E-state index is 0.0784. The lowest BCUT2D eigenvalue weighted by Crippen LogP contribution is -2.59. The van der Waals surface area contributed by atoms with Gasteiger partial charge in [-0.25, -0.2) is 4.98 Å². The quantitative estimate of drug-likeness (QED) is 0.644. The predicted octanol–water partition coefficient (Wildman–Crippen LogP) is 0.694. The van der Waals surface area contributed by atoms with E-state index in [-0.39, 0.29) is 24.3 Å². The Morgan fingerprint density at radius 1 is 1.19 bits per heavy atom. The molecule has 4 rings (SSSR count). The SMILES string of the molecule is NC(=O)C1(c2nc3ccccc3[nH]2)NCN=C1C(=O)NC1CCCCC1. The third kappa shape index (κ3) is 2.66. The number of carbonyl (C=O) groups excluding carboxylic acids is 2. The smallest absolute Gasteiger partial charge is 0.268 e. The molecular formula is C18H22N6O2. The highest BCUT2D eigenvalue weighted by Gasteiger charge is 2.52. The van der Waals surface area contributed by atoms with Crippen LogP contribution < -0.4 is 16.4 Å². The number of hydrogen-bond acceptors (Lipinski definition) is 5. The van der Waals surface area contributed by atoms with Crippen molar-refractivity contribution in [2.45, 2.75) is 43.7 Å². The molecule has 1 aliphatic carbocycles. The average Bonchev–Trinajstić information content (AvgIpc) is 3.27. The van der Waals surface area contributed by atoms with Crippen LogP contribution in [0, 0.1) is 0 Å². The number of nitrogens with zero attached hydrogens (tertiary/aromatic N) is 2. The molecular weight excluding hydrogens is 332 g/mol. The number of para-hydroxylation sites is 2. The summed E-state index contributed by atoms with van der Waals surface area (Å²) < 4.78 is 0. The molecule has 8 heteroatoms. The molecule has 2 aliphatic rings. The fourth-order valence-electron chi connectivity index (χ4n) is 3.83. The predicted molar refractivity (Wildman–Crippen MR) is 97.4 cm³/mol. The second-order valence-electron chi connectivity index (χ2n) is 6.87. The average molecular weight is 354 g/mol. The van der Waals surface area contributed by atoms with E-state index >= 15 is 0 Å². The number of nitrogens with two attached hydrogens (primary N) is 1. The molecule has 26 heavy (non-hydrogen) atoms. The van der Waals surface area contributed by atoms with Crippen LogP contribution in [0.4, 0.5) is 0 Å². The number of nitrogens with one attached hydrogen (secondary N) is 3. The van der Waals surface area contributed by atoms with Gasteiger partial charge in [-0.1, -0.05) is 31.4 Å². The molecule has 8 nitrogen and oxygen atoms in total. The largest absolute Gasteiger partial charge is 0.367 e. The highest BCUT2D eigenvalue weighted by Crippen LogP contribution is 2.27. The zero-order chi connectivity index (χ0) is 18.1. The summed E-state index contributed by atoms with van der Waals surface area (Å²) in [6.07, 6.45) is 5.28. The molecule has 2 amide bonds. The molecule has 0 spiro atoms. The van der Waals surface area contributed by atoms with Crippen LogP contribution in [0.2, 0.25) is 0 Å². The number of aliphatic imine (C=N–C) groups is 1. The second-order valence-corrected chi connectivity index (χ2v) is 6.87. The lowest BCUT2D eigenvalue weighted by atomic mass is 9.90. The molecule has 0 radical (unpaired) electrons. The minimum Gasteiger partial charge on any atom is -0.367 e. The van der Waals surface area contributed by atoms with Crippen LogP contribution in [0.5, 0.6) is 0 Å². The van der Waals surface area contributed by atoms with Crippen LogP contribution in [-0.4, -0.2) is 40.2 Å². The van der Waals surface area contributed by atoms with Crippen molar-refractivity contribution in [1.82, 2.24) is 20.6 Å². The molecule has 5 N–H and O–H groups in total. The summed E-state index contributed by atoms with van der Waals surface area (Å²) in [6, 6.07) is 7.53. The van der Waals surface area contributed by atoms with Gasteiger partial charge in [0.05, 0.1) is 17.7 Å². The maximum atomic E-state index is 12.9. The Balaban J connectivity index is 1.69. The zero-order valence-electron chi connectivity index (χ0n) is 14.4. The van der Waals surface area contributed by atoms with Crippen molar-refractivity contribution in [3.8, 4) is 0 Å². The highest BCUT2D eigenvalue weighted by atomic mass is 16.2. The number of primary amides is 1. The number of hydrogen-bond donors (Lipinski definition) is 4. The van der Waals surface area contributed by atoms with E-state index in [0.29, 0.717) is 11.3 Å². The van der Waals surface area contributed by atoms with Gasteiger partial charge in [-0.2, -0.15) is 0 Å². The van der Waals surface area contributed by atoms with E-state index in [1.165, 1.54) is 6.42 Å². The normalized spacial score (nSPS) is 23.8. The van der Waals surface area contributed by atoms with E-state index in [2.05, 4.69) is 25.6 Å². The molecule has 2 aromatic rings. The zero-order valence-corrected chi connectivity index (χ0v) is 14.4. The first-order chi connectivity index (χ1) is 12.6. The van der Waals surface area contributed by atoms with Gasteiger partial charge in [-0.3, -0.25) is 19.9 Å². The summed E-state index contributed by atoms with van der Waals surface area (Å²) in [5, 5.41) is 6.00. The molecule has 0 saturated heterocycles. The number of fused-ring (bicyclic) bond motifs is 1. The molecule has 1 unspecified atom stereocenters. The Bertz CT molecular complexity index is 850.